The molecule has 6 N–H and O–H groups in total. The number of aromatic carboxylic acids is 1. The number of carbonyl (C=O) groups is 5. The number of para-hydroxylation sites is 1. The lowest BCUT2D eigenvalue weighted by atomic mass is 9.76. The third kappa shape index (κ3) is 21.7. The number of methoxy groups -OCH3 is 2. The molecule has 5 fully saturated rings. The fourth-order valence-electron chi connectivity index (χ4n) is 19.6. The molecule has 0 saturated carbocycles. The molecule has 16 rings (SSSR count). The Kier molecular flexibility index (Phi) is 28.5. The van der Waals surface area contributed by atoms with Crippen molar-refractivity contribution < 1.29 is 98.4 Å². The van der Waals surface area contributed by atoms with Gasteiger partial charge in [-0.15, -0.1) is 11.3 Å². The van der Waals surface area contributed by atoms with Gasteiger partial charge in [0.1, 0.15) is 46.7 Å². The van der Waals surface area contributed by atoms with Crippen LogP contribution in [0, 0.1) is 28.6 Å². The molecule has 710 valence electrons. The average molecular weight is 1880 g/mol. The Morgan fingerprint density at radius 1 is 0.647 bits per heavy atom. The number of fused-ring (bicyclic) bond motifs is 5. The lowest BCUT2D eigenvalue weighted by Gasteiger charge is -2.31. The highest BCUT2D eigenvalue weighted by Gasteiger charge is 2.55. The first-order valence-corrected chi connectivity index (χ1v) is 49.6. The fourth-order valence-corrected chi connectivity index (χ4v) is 24.0. The van der Waals surface area contributed by atoms with Crippen molar-refractivity contribution in [3.8, 4) is 22.9 Å². The molecule has 11 atom stereocenters. The molecule has 1 unspecified atom stereocenters. The molecule has 5 saturated heterocycles. The van der Waals surface area contributed by atoms with Gasteiger partial charge in [-0.1, -0.05) is 108 Å². The molecule has 0 bridgehead atoms. The zero-order valence-electron chi connectivity index (χ0n) is 77.2. The highest BCUT2D eigenvalue weighted by molar-refractivity contribution is 7.89. The van der Waals surface area contributed by atoms with Crippen LogP contribution in [0.3, 0.4) is 0 Å². The zero-order chi connectivity index (χ0) is 94.1. The summed E-state index contributed by atoms with van der Waals surface area (Å²) in [5, 5.41) is 43.1. The van der Waals surface area contributed by atoms with Crippen LogP contribution in [0.15, 0.2) is 168 Å². The minimum atomic E-state index is -4.59. The topological polar surface area (TPSA) is 362 Å². The third-order valence-electron chi connectivity index (χ3n) is 27.0. The molecule has 7 aromatic carbocycles. The number of esters is 1. The summed E-state index contributed by atoms with van der Waals surface area (Å²) in [6, 6.07) is 44.5. The van der Waals surface area contributed by atoms with Gasteiger partial charge in [0.15, 0.2) is 17.3 Å². The van der Waals surface area contributed by atoms with Gasteiger partial charge in [-0.3, -0.25) is 4.79 Å². The van der Waals surface area contributed by atoms with E-state index in [2.05, 4.69) is 53.9 Å². The predicted octanol–water partition coefficient (Wildman–Crippen LogP) is 15.0. The van der Waals surface area contributed by atoms with Gasteiger partial charge in [0.05, 0.1) is 110 Å². The molecule has 7 aliphatic rings. The van der Waals surface area contributed by atoms with Gasteiger partial charge in [0.2, 0.25) is 20.0 Å². The van der Waals surface area contributed by atoms with Gasteiger partial charge in [0, 0.05) is 67.0 Å². The van der Waals surface area contributed by atoms with Crippen molar-refractivity contribution in [3.63, 3.8) is 0 Å². The van der Waals surface area contributed by atoms with Crippen LogP contribution in [0.5, 0.6) is 17.2 Å². The number of hydrogen-bond donors (Lipinski definition) is 6. The number of sulfonamides is 2. The highest BCUT2D eigenvalue weighted by atomic mass is 32.2. The summed E-state index contributed by atoms with van der Waals surface area (Å²) in [5.41, 5.74) is 6.88. The van der Waals surface area contributed by atoms with Crippen LogP contribution in [0.4, 0.5) is 26.0 Å². The number of benzene rings is 7. The van der Waals surface area contributed by atoms with Crippen molar-refractivity contribution in [2.24, 2.45) is 28.6 Å². The van der Waals surface area contributed by atoms with E-state index in [1.54, 1.807) is 29.8 Å². The summed E-state index contributed by atoms with van der Waals surface area (Å²) in [6.07, 6.45) is 0.471. The number of alkyl carbamates (subject to hydrolysis) is 2. The number of rotatable bonds is 36. The van der Waals surface area contributed by atoms with E-state index in [1.807, 2.05) is 131 Å². The second kappa shape index (κ2) is 39.7. The lowest BCUT2D eigenvalue weighted by molar-refractivity contribution is -0.181. The quantitative estimate of drug-likeness (QED) is 0.0157. The number of carbonyl (C=O) groups excluding carboxylic acids is 4. The van der Waals surface area contributed by atoms with E-state index in [1.165, 1.54) is 66.3 Å². The molecule has 0 spiro atoms. The molecule has 2 aromatic heterocycles. The Morgan fingerprint density at radius 3 is 1.85 bits per heavy atom. The van der Waals surface area contributed by atoms with E-state index in [0.717, 1.165) is 73.0 Å². The number of thiophene rings is 1. The first-order valence-electron chi connectivity index (χ1n) is 45.9. The van der Waals surface area contributed by atoms with Gasteiger partial charge in [-0.05, 0) is 232 Å². The number of hydrogen-bond acceptors (Lipinski definition) is 24. The van der Waals surface area contributed by atoms with Gasteiger partial charge < -0.3 is 83.7 Å². The number of aliphatic hydroxyl groups is 1. The highest BCUT2D eigenvalue weighted by Crippen LogP contribution is 2.47. The summed E-state index contributed by atoms with van der Waals surface area (Å²) in [5.74, 6) is -3.31. The van der Waals surface area contributed by atoms with Crippen molar-refractivity contribution in [2.75, 3.05) is 95.4 Å². The van der Waals surface area contributed by atoms with Crippen LogP contribution < -0.4 is 40.4 Å². The fraction of sp³-hybridized carbons (Fsp3) is 0.480. The van der Waals surface area contributed by atoms with Crippen LogP contribution in [-0.4, -0.2) is 210 Å². The monoisotopic (exact) mass is 1880 g/mol. The Morgan fingerprint density at radius 2 is 1.23 bits per heavy atom. The molecular formula is C100H121N9O21S3. The van der Waals surface area contributed by atoms with Crippen LogP contribution in [-0.2, 0) is 98.3 Å². The smallest absolute Gasteiger partial charge is 0.407 e. The summed E-state index contributed by atoms with van der Waals surface area (Å²) in [4.78, 5) is 74.5. The van der Waals surface area contributed by atoms with Gasteiger partial charge in [-0.25, -0.2) is 40.7 Å². The number of carboxylic acid groups (broad SMARTS) is 1. The Labute approximate surface area is 781 Å². The number of aryl methyl sites for hydroxylation is 2. The van der Waals surface area contributed by atoms with Crippen molar-refractivity contribution in [1.82, 2.24) is 29.0 Å². The largest absolute Gasteiger partial charge is 0.497 e. The molecule has 33 heteroatoms. The first-order chi connectivity index (χ1) is 63.5. The van der Waals surface area contributed by atoms with E-state index in [9.17, 15) is 37.8 Å². The third-order valence-corrected chi connectivity index (χ3v) is 31.9. The van der Waals surface area contributed by atoms with Crippen molar-refractivity contribution in [3.05, 3.63) is 213 Å². The minimum absolute atomic E-state index is 0.0192. The molecule has 2 aliphatic carbocycles. The van der Waals surface area contributed by atoms with Crippen molar-refractivity contribution in [2.45, 2.75) is 210 Å². The second-order valence-corrected chi connectivity index (χ2v) is 43.4. The number of nitrogens with zero attached hydrogens (tertiary/aromatic N) is 5. The number of carboxylic acids is 1. The van der Waals surface area contributed by atoms with Crippen molar-refractivity contribution in [1.29, 1.82) is 0 Å². The minimum Gasteiger partial charge on any atom is -0.497 e. The maximum absolute atomic E-state index is 15.5. The zero-order valence-corrected chi connectivity index (χ0v) is 79.6. The second-order valence-electron chi connectivity index (χ2n) is 38.4. The summed E-state index contributed by atoms with van der Waals surface area (Å²) in [6.45, 7) is 19.3. The Hall–Kier alpha value is -10.7. The molecular weight excluding hydrogens is 1760 g/mol. The summed E-state index contributed by atoms with van der Waals surface area (Å²) < 4.78 is 124. The number of anilines is 3. The van der Waals surface area contributed by atoms with E-state index in [-0.39, 0.29) is 107 Å². The van der Waals surface area contributed by atoms with Crippen molar-refractivity contribution >= 4 is 88.6 Å². The number of aliphatic hydroxyl groups excluding tert-OH is 1. The first kappa shape index (κ1) is 95.4. The van der Waals surface area contributed by atoms with Gasteiger partial charge >= 0.3 is 24.1 Å². The number of amides is 3. The molecule has 0 radical (unpaired) electrons. The standard InChI is InChI=1S/C100H121N9O21S3/c1-61(2)55-107(132(117,118)74-32-28-71(121-10)29-33-74)45-38-69(102-95(115)129-86-59-125-99(8)79(86)40-46-123-99)48-63-20-24-68(25-21-63)101-54-67-18-14-15-19-83(67)109-90(77-52-97(4,5)42-36-81(77)105-109)94(114)127-62(3)56-108(133(119,120)75-34-30-72(122-11)31-35-75)58-84(110)82(103-96(116)130-87-60-126-100(9)80(87)41-47-124-100)49-64-22-26-70(27-23-64)106-44-39-73(57-106)128-85-51-66-17-13-12-16-65(66)50-76(85)91(111)104-92-89(93(112)113)78-53-98(6,7)43-37-88(78)131-92/h12-35,50-51,61-62,69,73,79-80,82,84,86-87,101,110H,36-49,52-60H2,1-11H3,(H,102,115)(H,103,116)(H,104,111)(H,112,113)/t62?,69-,73+,79+,80+,82+,84-,86+,87+,99-,100-/m1/s1. The number of nitrogens with one attached hydrogen (secondary N) is 4. The van der Waals surface area contributed by atoms with E-state index in [4.69, 9.17) is 52.5 Å². The van der Waals surface area contributed by atoms with Gasteiger partial charge in [0.25, 0.3) is 5.91 Å². The SMILES string of the molecule is COc1ccc(S(=O)(=O)N(CC[C@H](Cc2ccc(NCc3ccccc3-n3nc4c(c3C(=O)OC(C)CN(C[C@@H](O)[C@H](Cc3ccc(N5CC[C@H](Oc6cc7ccccc7cc6C(=O)Nc6sc7c(c6C(=O)O)CC(C)(C)CC7)C5)cc3)NC(=O)O[C@H]3CO[C@@]5(C)OCC[C@@H]35)S(=O)(=O)c3ccc(OC)cc3)CC(C)(C)CC4)cc2)NC(=O)O[C@H]2CO[C@@]3(C)OCC[C@@H]23)CC(C)C)cc1. The van der Waals surface area contributed by atoms with E-state index in [0.29, 0.717) is 110 Å². The Bertz CT molecular complexity index is 5970. The molecule has 30 nitrogen and oxygen atoms in total. The summed E-state index contributed by atoms with van der Waals surface area (Å²) in [7, 11) is -5.59. The van der Waals surface area contributed by atoms with E-state index < -0.39 is 111 Å². The van der Waals surface area contributed by atoms with Crippen LogP contribution in [0.2, 0.25) is 0 Å². The van der Waals surface area contributed by atoms with Crippen LogP contribution >= 0.6 is 11.3 Å². The maximum atomic E-state index is 15.5. The average Bonchev–Trinajstić information content (AvgIpc) is 1.61. The van der Waals surface area contributed by atoms with Crippen LogP contribution in [0.25, 0.3) is 16.5 Å². The Balaban J connectivity index is 0.620. The molecule has 9 aromatic rings. The predicted molar refractivity (Wildman–Crippen MR) is 502 cm³/mol. The number of aromatic nitrogens is 2. The van der Waals surface area contributed by atoms with E-state index >= 15 is 13.2 Å². The summed E-state index contributed by atoms with van der Waals surface area (Å²) >= 11 is 1.32. The normalized spacial score (nSPS) is 22.1. The van der Waals surface area contributed by atoms with Crippen LogP contribution in [0.1, 0.15) is 170 Å². The lowest BCUT2D eigenvalue weighted by Crippen LogP contribution is -2.52. The molecule has 7 heterocycles. The molecule has 3 amide bonds. The van der Waals surface area contributed by atoms with Gasteiger partial charge in [-0.2, -0.15) is 13.7 Å². The molecule has 133 heavy (non-hydrogen) atoms. The molecule has 5 aliphatic heterocycles. The maximum Gasteiger partial charge on any atom is 0.407 e. The number of ether oxygens (including phenoxy) is 10.